The quantitative estimate of drug-likeness (QED) is 0.646. The van der Waals surface area contributed by atoms with Gasteiger partial charge in [0.1, 0.15) is 11.8 Å². The summed E-state index contributed by atoms with van der Waals surface area (Å²) in [7, 11) is 0. The Balaban J connectivity index is 2.31. The third kappa shape index (κ3) is 5.28. The fourth-order valence-electron chi connectivity index (χ4n) is 3.48. The SMILES string of the molecule is Cc1cc(=O)c(O)c(C2(CC(=O)NC(CC(C)C)C(N)=O)CCSCC2)o1. The molecule has 2 amide bonds. The largest absolute Gasteiger partial charge is 0.502 e. The number of amides is 2. The lowest BCUT2D eigenvalue weighted by Crippen LogP contribution is -2.47. The van der Waals surface area contributed by atoms with Gasteiger partial charge in [-0.3, -0.25) is 14.4 Å². The predicted octanol–water partition coefficient (Wildman–Crippen LogP) is 1.82. The van der Waals surface area contributed by atoms with Crippen LogP contribution in [0.5, 0.6) is 5.75 Å². The third-order valence-electron chi connectivity index (χ3n) is 4.86. The average molecular weight is 397 g/mol. The molecule has 8 heteroatoms. The van der Waals surface area contributed by atoms with E-state index in [1.807, 2.05) is 13.8 Å². The first-order valence-electron chi connectivity index (χ1n) is 9.15. The fourth-order valence-corrected chi connectivity index (χ4v) is 4.75. The Labute approximate surface area is 163 Å². The molecule has 2 heterocycles. The Morgan fingerprint density at radius 2 is 2.00 bits per heavy atom. The van der Waals surface area contributed by atoms with Gasteiger partial charge >= 0.3 is 0 Å². The summed E-state index contributed by atoms with van der Waals surface area (Å²) in [5, 5.41) is 13.0. The van der Waals surface area contributed by atoms with Crippen LogP contribution in [0.4, 0.5) is 0 Å². The second kappa shape index (κ2) is 8.82. The minimum atomic E-state index is -0.773. The van der Waals surface area contributed by atoms with Gasteiger partial charge in [0, 0.05) is 17.9 Å². The van der Waals surface area contributed by atoms with Gasteiger partial charge in [0.15, 0.2) is 5.76 Å². The molecule has 150 valence electrons. The van der Waals surface area contributed by atoms with Crippen molar-refractivity contribution in [2.75, 3.05) is 11.5 Å². The number of carbonyl (C=O) groups excluding carboxylic acids is 2. The Morgan fingerprint density at radius 3 is 2.56 bits per heavy atom. The van der Waals surface area contributed by atoms with Gasteiger partial charge in [-0.2, -0.15) is 11.8 Å². The zero-order chi connectivity index (χ0) is 20.2. The first-order chi connectivity index (χ1) is 12.6. The highest BCUT2D eigenvalue weighted by Gasteiger charge is 2.42. The molecule has 0 aliphatic carbocycles. The number of thioether (sulfide) groups is 1. The second-order valence-corrected chi connectivity index (χ2v) is 8.85. The molecule has 1 saturated heterocycles. The van der Waals surface area contributed by atoms with Crippen LogP contribution >= 0.6 is 11.8 Å². The van der Waals surface area contributed by atoms with Crippen molar-refractivity contribution in [2.45, 2.75) is 57.9 Å². The number of nitrogens with two attached hydrogens (primary N) is 1. The van der Waals surface area contributed by atoms with E-state index in [0.717, 1.165) is 11.5 Å². The molecular weight excluding hydrogens is 368 g/mol. The Kier molecular flexibility index (Phi) is 6.97. The smallest absolute Gasteiger partial charge is 0.240 e. The van der Waals surface area contributed by atoms with Crippen LogP contribution in [0.25, 0.3) is 0 Å². The Hall–Kier alpha value is -1.96. The lowest BCUT2D eigenvalue weighted by Gasteiger charge is -2.36. The van der Waals surface area contributed by atoms with Crippen LogP contribution in [-0.4, -0.2) is 34.5 Å². The van der Waals surface area contributed by atoms with Gasteiger partial charge < -0.3 is 20.6 Å². The molecule has 1 aromatic rings. The van der Waals surface area contributed by atoms with Gasteiger partial charge in [-0.05, 0) is 43.6 Å². The molecule has 1 aliphatic heterocycles. The molecule has 1 fully saturated rings. The summed E-state index contributed by atoms with van der Waals surface area (Å²) in [5.74, 6) is 0.981. The number of hydrogen-bond acceptors (Lipinski definition) is 6. The second-order valence-electron chi connectivity index (χ2n) is 7.62. The van der Waals surface area contributed by atoms with E-state index in [4.69, 9.17) is 10.2 Å². The highest BCUT2D eigenvalue weighted by molar-refractivity contribution is 7.99. The molecule has 7 nitrogen and oxygen atoms in total. The maximum Gasteiger partial charge on any atom is 0.240 e. The molecular formula is C19H28N2O5S. The van der Waals surface area contributed by atoms with Crippen molar-refractivity contribution in [1.29, 1.82) is 0 Å². The van der Waals surface area contributed by atoms with Crippen molar-refractivity contribution in [2.24, 2.45) is 11.7 Å². The zero-order valence-corrected chi connectivity index (χ0v) is 16.9. The number of nitrogens with one attached hydrogen (secondary N) is 1. The van der Waals surface area contributed by atoms with Crippen molar-refractivity contribution in [1.82, 2.24) is 5.32 Å². The van der Waals surface area contributed by atoms with Gasteiger partial charge in [0.25, 0.3) is 0 Å². The molecule has 4 N–H and O–H groups in total. The molecule has 1 unspecified atom stereocenters. The maximum atomic E-state index is 12.7. The van der Waals surface area contributed by atoms with Crippen molar-refractivity contribution in [3.8, 4) is 5.75 Å². The number of rotatable bonds is 7. The summed E-state index contributed by atoms with van der Waals surface area (Å²) in [4.78, 5) is 36.4. The molecule has 0 aromatic carbocycles. The van der Waals surface area contributed by atoms with Crippen molar-refractivity contribution in [3.05, 3.63) is 27.8 Å². The Morgan fingerprint density at radius 1 is 1.37 bits per heavy atom. The molecule has 2 rings (SSSR count). The number of carbonyl (C=O) groups is 2. The van der Waals surface area contributed by atoms with Crippen molar-refractivity contribution < 1.29 is 19.1 Å². The summed E-state index contributed by atoms with van der Waals surface area (Å²) in [6.45, 7) is 5.53. The molecule has 1 atom stereocenters. The van der Waals surface area contributed by atoms with E-state index in [9.17, 15) is 19.5 Å². The van der Waals surface area contributed by atoms with E-state index in [1.54, 1.807) is 18.7 Å². The first kappa shape index (κ1) is 21.3. The lowest BCUT2D eigenvalue weighted by molar-refractivity contribution is -0.128. The summed E-state index contributed by atoms with van der Waals surface area (Å²) in [5.41, 5.74) is 4.13. The van der Waals surface area contributed by atoms with E-state index in [2.05, 4.69) is 5.32 Å². The fraction of sp³-hybridized carbons (Fsp3) is 0.632. The van der Waals surface area contributed by atoms with Gasteiger partial charge in [0.05, 0.1) is 0 Å². The molecule has 27 heavy (non-hydrogen) atoms. The monoisotopic (exact) mass is 396 g/mol. The average Bonchev–Trinajstić information content (AvgIpc) is 2.57. The van der Waals surface area contributed by atoms with Crippen LogP contribution in [0.15, 0.2) is 15.3 Å². The van der Waals surface area contributed by atoms with Crippen LogP contribution < -0.4 is 16.5 Å². The minimum Gasteiger partial charge on any atom is -0.502 e. The third-order valence-corrected chi connectivity index (χ3v) is 5.85. The van der Waals surface area contributed by atoms with Crippen molar-refractivity contribution in [3.63, 3.8) is 0 Å². The summed E-state index contributed by atoms with van der Waals surface area (Å²) in [6.07, 6.45) is 1.66. The first-order valence-corrected chi connectivity index (χ1v) is 10.3. The Bertz CT molecular complexity index is 753. The standard InChI is InChI=1S/C19H28N2O5S/c1-11(2)8-13(18(20)25)21-15(23)10-19(4-6-27-7-5-19)17-16(24)14(22)9-12(3)26-17/h9,11,13,24H,4-8,10H2,1-3H3,(H2,20,25)(H,21,23). The van der Waals surface area contributed by atoms with Gasteiger partial charge in [-0.25, -0.2) is 0 Å². The van der Waals surface area contributed by atoms with Gasteiger partial charge in [-0.1, -0.05) is 13.8 Å². The molecule has 0 bridgehead atoms. The molecule has 0 spiro atoms. The molecule has 1 aromatic heterocycles. The number of hydrogen-bond donors (Lipinski definition) is 3. The predicted molar refractivity (Wildman–Crippen MR) is 105 cm³/mol. The summed E-state index contributed by atoms with van der Waals surface area (Å²) >= 11 is 1.75. The molecule has 0 radical (unpaired) electrons. The number of aromatic hydroxyl groups is 1. The van der Waals surface area contributed by atoms with Crippen molar-refractivity contribution >= 4 is 23.6 Å². The molecule has 1 aliphatic rings. The topological polar surface area (TPSA) is 123 Å². The van der Waals surface area contributed by atoms with Crippen LogP contribution in [0.2, 0.25) is 0 Å². The normalized spacial score (nSPS) is 17.5. The van der Waals surface area contributed by atoms with E-state index < -0.39 is 28.5 Å². The lowest BCUT2D eigenvalue weighted by atomic mass is 9.75. The van der Waals surface area contributed by atoms with Gasteiger partial charge in [-0.15, -0.1) is 0 Å². The van der Waals surface area contributed by atoms with Gasteiger partial charge in [0.2, 0.25) is 23.0 Å². The summed E-state index contributed by atoms with van der Waals surface area (Å²) < 4.78 is 5.72. The highest BCUT2D eigenvalue weighted by Crippen LogP contribution is 2.44. The van der Waals surface area contributed by atoms with E-state index in [0.29, 0.717) is 25.0 Å². The number of aryl methyl sites for hydroxylation is 1. The minimum absolute atomic E-state index is 0.0232. The number of primary amides is 1. The highest BCUT2D eigenvalue weighted by atomic mass is 32.2. The van der Waals surface area contributed by atoms with Crippen LogP contribution in [-0.2, 0) is 15.0 Å². The van der Waals surface area contributed by atoms with E-state index >= 15 is 0 Å². The van der Waals surface area contributed by atoms with E-state index in [1.165, 1.54) is 6.07 Å². The van der Waals surface area contributed by atoms with Crippen LogP contribution in [0.1, 0.15) is 51.1 Å². The van der Waals surface area contributed by atoms with E-state index in [-0.39, 0.29) is 24.0 Å². The van der Waals surface area contributed by atoms with Crippen LogP contribution in [0.3, 0.4) is 0 Å². The molecule has 0 saturated carbocycles. The zero-order valence-electron chi connectivity index (χ0n) is 16.0. The summed E-state index contributed by atoms with van der Waals surface area (Å²) in [6, 6.07) is 0.487. The maximum absolute atomic E-state index is 12.7. The van der Waals surface area contributed by atoms with Crippen LogP contribution in [0, 0.1) is 12.8 Å².